The fourth-order valence-corrected chi connectivity index (χ4v) is 4.58. The van der Waals surface area contributed by atoms with Crippen LogP contribution in [0.15, 0.2) is 54.6 Å². The largest absolute Gasteiger partial charge is 0.416 e. The molecule has 1 aliphatic heterocycles. The molecular weight excluding hydrogens is 502 g/mol. The first-order chi connectivity index (χ1) is 16.7. The van der Waals surface area contributed by atoms with E-state index in [2.05, 4.69) is 15.4 Å². The molecule has 7 nitrogen and oxygen atoms in total. The van der Waals surface area contributed by atoms with E-state index in [9.17, 15) is 35.6 Å². The average molecular weight is 521 g/mol. The molecule has 36 heavy (non-hydrogen) atoms. The van der Waals surface area contributed by atoms with Crippen LogP contribution in [0.25, 0.3) is 0 Å². The number of amides is 2. The lowest BCUT2D eigenvalue weighted by atomic mass is 9.93. The first-order valence-corrected chi connectivity index (χ1v) is 12.3. The van der Waals surface area contributed by atoms with E-state index >= 15 is 0 Å². The lowest BCUT2D eigenvalue weighted by Gasteiger charge is -2.19. The van der Waals surface area contributed by atoms with Crippen LogP contribution < -0.4 is 15.4 Å². The van der Waals surface area contributed by atoms with Crippen LogP contribution >= 0.6 is 0 Å². The molecule has 0 aliphatic carbocycles. The van der Waals surface area contributed by atoms with Crippen LogP contribution in [0.1, 0.15) is 49.0 Å². The number of aryl methyl sites for hydroxylation is 1. The summed E-state index contributed by atoms with van der Waals surface area (Å²) in [5, 5.41) is 5.21. The van der Waals surface area contributed by atoms with Gasteiger partial charge in [-0.2, -0.15) is 13.2 Å². The third-order valence-corrected chi connectivity index (χ3v) is 6.13. The van der Waals surface area contributed by atoms with Crippen molar-refractivity contribution in [2.45, 2.75) is 19.1 Å². The molecule has 4 rings (SSSR count). The van der Waals surface area contributed by atoms with Crippen LogP contribution in [0.3, 0.4) is 0 Å². The van der Waals surface area contributed by atoms with Crippen molar-refractivity contribution >= 4 is 33.2 Å². The number of carbonyl (C=O) groups excluding carboxylic acids is 2. The summed E-state index contributed by atoms with van der Waals surface area (Å²) in [4.78, 5) is 25.8. The molecule has 0 spiro atoms. The molecule has 0 radical (unpaired) electrons. The van der Waals surface area contributed by atoms with Gasteiger partial charge in [0.25, 0.3) is 11.8 Å². The number of benzene rings is 3. The van der Waals surface area contributed by atoms with Gasteiger partial charge < -0.3 is 10.6 Å². The predicted octanol–water partition coefficient (Wildman–Crippen LogP) is 4.61. The van der Waals surface area contributed by atoms with E-state index in [0.29, 0.717) is 17.7 Å². The summed E-state index contributed by atoms with van der Waals surface area (Å²) in [5.41, 5.74) is -0.200. The third kappa shape index (κ3) is 5.18. The summed E-state index contributed by atoms with van der Waals surface area (Å²) < 4.78 is 79.1. The van der Waals surface area contributed by atoms with E-state index in [0.717, 1.165) is 11.8 Å². The maximum atomic E-state index is 13.9. The van der Waals surface area contributed by atoms with E-state index in [-0.39, 0.29) is 28.6 Å². The average Bonchev–Trinajstić information content (AvgIpc) is 3.08. The summed E-state index contributed by atoms with van der Waals surface area (Å²) in [6, 6.07) is 10.3. The number of hydrogen-bond acceptors (Lipinski definition) is 4. The highest BCUT2D eigenvalue weighted by molar-refractivity contribution is 7.92. The van der Waals surface area contributed by atoms with Crippen molar-refractivity contribution in [3.63, 3.8) is 0 Å². The molecule has 3 aromatic carbocycles. The Morgan fingerprint density at radius 1 is 1.06 bits per heavy atom. The van der Waals surface area contributed by atoms with Gasteiger partial charge in [0.1, 0.15) is 5.82 Å². The van der Waals surface area contributed by atoms with Gasteiger partial charge in [-0.05, 0) is 48.4 Å². The van der Waals surface area contributed by atoms with Crippen molar-refractivity contribution in [1.82, 2.24) is 5.32 Å². The van der Waals surface area contributed by atoms with Crippen LogP contribution in [0.5, 0.6) is 0 Å². The summed E-state index contributed by atoms with van der Waals surface area (Å²) in [7, 11) is -3.78. The number of hydrogen-bond donors (Lipinski definition) is 3. The number of rotatable bonds is 5. The minimum atomic E-state index is -4.88. The van der Waals surface area contributed by atoms with Gasteiger partial charge in [0.05, 0.1) is 23.5 Å². The summed E-state index contributed by atoms with van der Waals surface area (Å²) in [6.45, 7) is 1.81. The second-order valence-corrected chi connectivity index (χ2v) is 10.1. The zero-order chi connectivity index (χ0) is 26.4. The molecule has 3 N–H and O–H groups in total. The molecule has 12 heteroatoms. The van der Waals surface area contributed by atoms with Gasteiger partial charge in [0, 0.05) is 22.4 Å². The molecule has 0 aromatic heterocycles. The predicted molar refractivity (Wildman–Crippen MR) is 125 cm³/mol. The van der Waals surface area contributed by atoms with Crippen molar-refractivity contribution in [3.05, 3.63) is 93.8 Å². The van der Waals surface area contributed by atoms with Crippen molar-refractivity contribution < 1.29 is 35.6 Å². The highest BCUT2D eigenvalue weighted by atomic mass is 32.2. The third-order valence-electron chi connectivity index (χ3n) is 5.53. The van der Waals surface area contributed by atoms with Gasteiger partial charge in [-0.25, -0.2) is 12.8 Å². The number of halogens is 4. The molecule has 0 saturated carbocycles. The first-order valence-electron chi connectivity index (χ1n) is 10.4. The van der Waals surface area contributed by atoms with Gasteiger partial charge in [-0.15, -0.1) is 0 Å². The minimum absolute atomic E-state index is 0.0342. The molecular formula is C24H19F4N3O4S. The number of sulfonamides is 1. The smallest absolute Gasteiger partial charge is 0.341 e. The van der Waals surface area contributed by atoms with Crippen molar-refractivity contribution in [1.29, 1.82) is 0 Å². The monoisotopic (exact) mass is 521 g/mol. The Kier molecular flexibility index (Phi) is 6.25. The van der Waals surface area contributed by atoms with Crippen LogP contribution in [0.2, 0.25) is 0 Å². The maximum absolute atomic E-state index is 13.9. The Labute approximate surface area is 203 Å². The molecule has 1 heterocycles. The van der Waals surface area contributed by atoms with Crippen molar-refractivity contribution in [2.75, 3.05) is 16.3 Å². The summed E-state index contributed by atoms with van der Waals surface area (Å²) in [6.07, 6.45) is -4.00. The lowest BCUT2D eigenvalue weighted by Crippen LogP contribution is -2.21. The van der Waals surface area contributed by atoms with Crippen molar-refractivity contribution in [3.8, 4) is 0 Å². The van der Waals surface area contributed by atoms with E-state index in [4.69, 9.17) is 0 Å². The Morgan fingerprint density at radius 2 is 1.75 bits per heavy atom. The van der Waals surface area contributed by atoms with Crippen molar-refractivity contribution in [2.24, 2.45) is 0 Å². The Hall–Kier alpha value is -3.93. The normalized spacial score (nSPS) is 15.3. The molecule has 2 amide bonds. The topological polar surface area (TPSA) is 104 Å². The molecule has 3 aromatic rings. The van der Waals surface area contributed by atoms with E-state index in [1.807, 2.05) is 13.0 Å². The number of carbonyl (C=O) groups is 2. The Balaban J connectivity index is 1.84. The van der Waals surface area contributed by atoms with Gasteiger partial charge in [-0.1, -0.05) is 24.3 Å². The molecule has 188 valence electrons. The molecule has 0 fully saturated rings. The van der Waals surface area contributed by atoms with Gasteiger partial charge in [0.2, 0.25) is 10.0 Å². The quantitative estimate of drug-likeness (QED) is 0.427. The zero-order valence-electron chi connectivity index (χ0n) is 18.8. The SMILES string of the molecule is Cc1ccccc1C1NC(=O)c2cc(NS(C)(=O)=O)cc(NC(=O)c3cc(F)cc(C(F)(F)F)c3)c21. The number of alkyl halides is 3. The zero-order valence-corrected chi connectivity index (χ0v) is 19.6. The van der Waals surface area contributed by atoms with E-state index in [1.165, 1.54) is 12.1 Å². The fourth-order valence-electron chi connectivity index (χ4n) is 4.03. The van der Waals surface area contributed by atoms with Crippen LogP contribution in [0.4, 0.5) is 28.9 Å². The summed E-state index contributed by atoms with van der Waals surface area (Å²) >= 11 is 0. The van der Waals surface area contributed by atoms with Gasteiger partial charge in [-0.3, -0.25) is 14.3 Å². The minimum Gasteiger partial charge on any atom is -0.341 e. The van der Waals surface area contributed by atoms with Crippen LogP contribution in [0, 0.1) is 12.7 Å². The molecule has 1 atom stereocenters. The fraction of sp³-hybridized carbons (Fsp3) is 0.167. The van der Waals surface area contributed by atoms with Gasteiger partial charge in [0.15, 0.2) is 0 Å². The Morgan fingerprint density at radius 3 is 2.39 bits per heavy atom. The standard InChI is InChI=1S/C24H19F4N3O4S/c1-12-5-3-4-6-17(12)21-20-18(23(33)30-21)10-16(31-36(2,34)35)11-19(20)29-22(32)13-7-14(24(26,27)28)9-15(25)8-13/h3-11,21,31H,1-2H3,(H,29,32)(H,30,33). The van der Waals surface area contributed by atoms with E-state index in [1.54, 1.807) is 18.2 Å². The molecule has 0 bridgehead atoms. The number of anilines is 2. The highest BCUT2D eigenvalue weighted by Gasteiger charge is 2.35. The molecule has 1 unspecified atom stereocenters. The van der Waals surface area contributed by atoms with Gasteiger partial charge >= 0.3 is 6.18 Å². The molecule has 1 aliphatic rings. The number of nitrogens with one attached hydrogen (secondary N) is 3. The second-order valence-electron chi connectivity index (χ2n) is 8.30. The van der Waals surface area contributed by atoms with Crippen LogP contribution in [-0.4, -0.2) is 26.5 Å². The van der Waals surface area contributed by atoms with E-state index < -0.39 is 51.0 Å². The second kappa shape index (κ2) is 8.94. The number of fused-ring (bicyclic) bond motifs is 1. The molecule has 0 saturated heterocycles. The first kappa shape index (κ1) is 25.2. The lowest BCUT2D eigenvalue weighted by molar-refractivity contribution is -0.137. The summed E-state index contributed by atoms with van der Waals surface area (Å²) in [5.74, 6) is -2.89. The Bertz CT molecular complexity index is 1500. The highest BCUT2D eigenvalue weighted by Crippen LogP contribution is 2.40. The van der Waals surface area contributed by atoms with Crippen LogP contribution in [-0.2, 0) is 16.2 Å². The maximum Gasteiger partial charge on any atom is 0.416 e.